The molecule has 0 radical (unpaired) electrons. The van der Waals surface area contributed by atoms with E-state index in [0.717, 1.165) is 5.69 Å². The second kappa shape index (κ2) is 5.43. The second-order valence-electron chi connectivity index (χ2n) is 4.05. The van der Waals surface area contributed by atoms with E-state index in [9.17, 15) is 9.59 Å². The van der Waals surface area contributed by atoms with Crippen molar-refractivity contribution in [3.8, 4) is 0 Å². The van der Waals surface area contributed by atoms with Gasteiger partial charge < -0.3 is 10.4 Å². The molecular formula is C12H16N2O3. The smallest absolute Gasteiger partial charge is 0.308 e. The normalized spacial score (nSPS) is 13.8. The summed E-state index contributed by atoms with van der Waals surface area (Å²) in [5.41, 5.74) is 1.05. The van der Waals surface area contributed by atoms with Crippen LogP contribution in [-0.2, 0) is 4.79 Å². The summed E-state index contributed by atoms with van der Waals surface area (Å²) in [5, 5.41) is 11.4. The second-order valence-corrected chi connectivity index (χ2v) is 4.05. The lowest BCUT2D eigenvalue weighted by atomic mass is 10.0. The van der Waals surface area contributed by atoms with Gasteiger partial charge in [-0.3, -0.25) is 9.59 Å². The van der Waals surface area contributed by atoms with Gasteiger partial charge in [-0.05, 0) is 32.9 Å². The zero-order valence-corrected chi connectivity index (χ0v) is 10.1. The number of rotatable bonds is 4. The summed E-state index contributed by atoms with van der Waals surface area (Å²) < 4.78 is 0. The molecule has 1 amide bonds. The largest absolute Gasteiger partial charge is 0.481 e. The number of amides is 1. The van der Waals surface area contributed by atoms with Crippen molar-refractivity contribution in [1.82, 2.24) is 10.3 Å². The molecule has 0 saturated carbocycles. The van der Waals surface area contributed by atoms with Crippen molar-refractivity contribution < 1.29 is 14.7 Å². The number of aromatic nitrogens is 1. The highest BCUT2D eigenvalue weighted by molar-refractivity contribution is 5.92. The van der Waals surface area contributed by atoms with Crippen LogP contribution in [0.2, 0.25) is 0 Å². The van der Waals surface area contributed by atoms with E-state index in [1.54, 1.807) is 39.0 Å². The van der Waals surface area contributed by atoms with Crippen LogP contribution >= 0.6 is 0 Å². The summed E-state index contributed by atoms with van der Waals surface area (Å²) in [4.78, 5) is 26.6. The molecular weight excluding hydrogens is 220 g/mol. The van der Waals surface area contributed by atoms with Crippen LogP contribution in [0.15, 0.2) is 18.2 Å². The van der Waals surface area contributed by atoms with Gasteiger partial charge in [-0.25, -0.2) is 4.98 Å². The molecule has 5 heteroatoms. The molecule has 2 N–H and O–H groups in total. The van der Waals surface area contributed by atoms with Gasteiger partial charge in [0.05, 0.1) is 5.92 Å². The maximum absolute atomic E-state index is 11.8. The Morgan fingerprint density at radius 1 is 1.35 bits per heavy atom. The standard InChI is InChI=1S/C12H16N2O3/c1-7-5-4-6-10(13-7)11(15)14-9(3)8(2)12(16)17/h4-6,8-9H,1-3H3,(H,14,15)(H,16,17). The molecule has 0 spiro atoms. The van der Waals surface area contributed by atoms with E-state index in [0.29, 0.717) is 5.69 Å². The highest BCUT2D eigenvalue weighted by atomic mass is 16.4. The maximum atomic E-state index is 11.8. The van der Waals surface area contributed by atoms with E-state index in [1.165, 1.54) is 0 Å². The Hall–Kier alpha value is -1.91. The van der Waals surface area contributed by atoms with E-state index in [-0.39, 0.29) is 5.91 Å². The number of aryl methyl sites for hydroxylation is 1. The zero-order valence-electron chi connectivity index (χ0n) is 10.1. The lowest BCUT2D eigenvalue weighted by Crippen LogP contribution is -2.40. The Morgan fingerprint density at radius 2 is 2.00 bits per heavy atom. The first kappa shape index (κ1) is 13.2. The number of carboxylic acids is 1. The van der Waals surface area contributed by atoms with Crippen molar-refractivity contribution in [2.45, 2.75) is 26.8 Å². The third-order valence-electron chi connectivity index (χ3n) is 2.62. The van der Waals surface area contributed by atoms with E-state index in [1.807, 2.05) is 0 Å². The number of hydrogen-bond acceptors (Lipinski definition) is 3. The van der Waals surface area contributed by atoms with E-state index < -0.39 is 17.9 Å². The molecule has 2 atom stereocenters. The van der Waals surface area contributed by atoms with Crippen LogP contribution in [0.3, 0.4) is 0 Å². The Morgan fingerprint density at radius 3 is 2.53 bits per heavy atom. The van der Waals surface area contributed by atoms with E-state index in [2.05, 4.69) is 10.3 Å². The summed E-state index contributed by atoms with van der Waals surface area (Å²) >= 11 is 0. The zero-order chi connectivity index (χ0) is 13.0. The average Bonchev–Trinajstić information content (AvgIpc) is 2.27. The first-order valence-corrected chi connectivity index (χ1v) is 5.39. The molecule has 92 valence electrons. The Labute approximate surface area is 99.9 Å². The summed E-state index contributed by atoms with van der Waals surface area (Å²) in [7, 11) is 0. The fourth-order valence-electron chi connectivity index (χ4n) is 1.29. The molecule has 17 heavy (non-hydrogen) atoms. The van der Waals surface area contributed by atoms with Crippen LogP contribution in [0.5, 0.6) is 0 Å². The highest BCUT2D eigenvalue weighted by Crippen LogP contribution is 2.04. The third-order valence-corrected chi connectivity index (χ3v) is 2.62. The number of nitrogens with one attached hydrogen (secondary N) is 1. The van der Waals surface area contributed by atoms with Crippen LogP contribution < -0.4 is 5.32 Å². The molecule has 0 aromatic carbocycles. The summed E-state index contributed by atoms with van der Waals surface area (Å²) in [6.07, 6.45) is 0. The summed E-state index contributed by atoms with van der Waals surface area (Å²) in [6.45, 7) is 5.00. The summed E-state index contributed by atoms with van der Waals surface area (Å²) in [6, 6.07) is 4.69. The van der Waals surface area contributed by atoms with Crippen molar-refractivity contribution >= 4 is 11.9 Å². The molecule has 0 aliphatic rings. The minimum atomic E-state index is -0.935. The lowest BCUT2D eigenvalue weighted by Gasteiger charge is -2.17. The minimum Gasteiger partial charge on any atom is -0.481 e. The average molecular weight is 236 g/mol. The van der Waals surface area contributed by atoms with Gasteiger partial charge in [0.25, 0.3) is 5.91 Å². The van der Waals surface area contributed by atoms with E-state index >= 15 is 0 Å². The third kappa shape index (κ3) is 3.55. The topological polar surface area (TPSA) is 79.3 Å². The van der Waals surface area contributed by atoms with Crippen molar-refractivity contribution in [2.24, 2.45) is 5.92 Å². The van der Waals surface area contributed by atoms with Crippen LogP contribution in [0.4, 0.5) is 0 Å². The van der Waals surface area contributed by atoms with Crippen LogP contribution in [-0.4, -0.2) is 28.0 Å². The number of carboxylic acid groups (broad SMARTS) is 1. The number of hydrogen-bond donors (Lipinski definition) is 2. The van der Waals surface area contributed by atoms with Crippen LogP contribution in [0.25, 0.3) is 0 Å². The van der Waals surface area contributed by atoms with Crippen molar-refractivity contribution in [3.05, 3.63) is 29.6 Å². The Balaban J connectivity index is 2.70. The molecule has 1 rings (SSSR count). The highest BCUT2D eigenvalue weighted by Gasteiger charge is 2.21. The Kier molecular flexibility index (Phi) is 4.20. The van der Waals surface area contributed by atoms with Gasteiger partial charge in [-0.2, -0.15) is 0 Å². The lowest BCUT2D eigenvalue weighted by molar-refractivity contribution is -0.141. The SMILES string of the molecule is Cc1cccc(C(=O)NC(C)C(C)C(=O)O)n1. The molecule has 1 aromatic heterocycles. The first-order valence-electron chi connectivity index (χ1n) is 5.39. The van der Waals surface area contributed by atoms with Gasteiger partial charge in [0, 0.05) is 11.7 Å². The fourth-order valence-corrected chi connectivity index (χ4v) is 1.29. The molecule has 5 nitrogen and oxygen atoms in total. The van der Waals surface area contributed by atoms with E-state index in [4.69, 9.17) is 5.11 Å². The van der Waals surface area contributed by atoms with Gasteiger partial charge in [-0.15, -0.1) is 0 Å². The number of aliphatic carboxylic acids is 1. The molecule has 1 heterocycles. The molecule has 0 aliphatic carbocycles. The van der Waals surface area contributed by atoms with Gasteiger partial charge in [0.15, 0.2) is 0 Å². The van der Waals surface area contributed by atoms with Crippen molar-refractivity contribution in [2.75, 3.05) is 0 Å². The molecule has 0 bridgehead atoms. The van der Waals surface area contributed by atoms with Gasteiger partial charge in [0.1, 0.15) is 5.69 Å². The molecule has 0 saturated heterocycles. The van der Waals surface area contributed by atoms with Gasteiger partial charge >= 0.3 is 5.97 Å². The summed E-state index contributed by atoms with van der Waals surface area (Å²) in [5.74, 6) is -1.92. The van der Waals surface area contributed by atoms with Crippen molar-refractivity contribution in [3.63, 3.8) is 0 Å². The quantitative estimate of drug-likeness (QED) is 0.824. The number of pyridine rings is 1. The van der Waals surface area contributed by atoms with Crippen molar-refractivity contribution in [1.29, 1.82) is 0 Å². The molecule has 0 fully saturated rings. The monoisotopic (exact) mass is 236 g/mol. The Bertz CT molecular complexity index is 432. The number of carbonyl (C=O) groups excluding carboxylic acids is 1. The van der Waals surface area contributed by atoms with Crippen LogP contribution in [0, 0.1) is 12.8 Å². The maximum Gasteiger partial charge on any atom is 0.308 e. The van der Waals surface area contributed by atoms with Gasteiger partial charge in [0.2, 0.25) is 0 Å². The van der Waals surface area contributed by atoms with Gasteiger partial charge in [-0.1, -0.05) is 6.07 Å². The molecule has 2 unspecified atom stereocenters. The predicted molar refractivity (Wildman–Crippen MR) is 62.7 cm³/mol. The number of nitrogens with zero attached hydrogens (tertiary/aromatic N) is 1. The molecule has 1 aromatic rings. The predicted octanol–water partition coefficient (Wildman–Crippen LogP) is 1.23. The first-order chi connectivity index (χ1) is 7.91. The fraction of sp³-hybridized carbons (Fsp3) is 0.417. The minimum absolute atomic E-state index is 0.300. The number of carbonyl (C=O) groups is 2. The molecule has 0 aliphatic heterocycles. The van der Waals surface area contributed by atoms with Crippen LogP contribution in [0.1, 0.15) is 30.0 Å².